The molecule has 3 aliphatic rings. The number of amides is 1. The molecule has 0 spiro atoms. The molecule has 160 valence electrons. The monoisotopic (exact) mass is 410 g/mol. The van der Waals surface area contributed by atoms with Crippen LogP contribution in [0.5, 0.6) is 11.5 Å². The molecular formula is C24H30N2O4. The van der Waals surface area contributed by atoms with Gasteiger partial charge in [-0.25, -0.2) is 4.79 Å². The summed E-state index contributed by atoms with van der Waals surface area (Å²) in [7, 11) is 3.25. The van der Waals surface area contributed by atoms with Gasteiger partial charge < -0.3 is 14.2 Å². The van der Waals surface area contributed by atoms with Gasteiger partial charge in [0.2, 0.25) is 0 Å². The molecule has 6 nitrogen and oxygen atoms in total. The summed E-state index contributed by atoms with van der Waals surface area (Å²) in [5, 5.41) is 0. The molecular weight excluding hydrogens is 380 g/mol. The maximum absolute atomic E-state index is 13.2. The van der Waals surface area contributed by atoms with Crippen LogP contribution in [0.15, 0.2) is 48.5 Å². The van der Waals surface area contributed by atoms with E-state index in [4.69, 9.17) is 14.2 Å². The first kappa shape index (κ1) is 20.5. The number of para-hydroxylation sites is 1. The summed E-state index contributed by atoms with van der Waals surface area (Å²) in [6.07, 6.45) is 2.65. The van der Waals surface area contributed by atoms with Gasteiger partial charge in [0.1, 0.15) is 6.10 Å². The van der Waals surface area contributed by atoms with E-state index >= 15 is 0 Å². The predicted octanol–water partition coefficient (Wildman–Crippen LogP) is 3.98. The van der Waals surface area contributed by atoms with Crippen molar-refractivity contribution in [2.75, 3.05) is 45.3 Å². The number of piperidine rings is 3. The SMILES string of the molecule is COc1ccc(CCN(C(=O)OC2CN3CCC2CC3)c2ccccc2)cc1OC. The van der Waals surface area contributed by atoms with Gasteiger partial charge in [-0.2, -0.15) is 0 Å². The molecule has 0 saturated carbocycles. The highest BCUT2D eigenvalue weighted by molar-refractivity contribution is 5.87. The number of methoxy groups -OCH3 is 2. The van der Waals surface area contributed by atoms with Crippen molar-refractivity contribution in [1.82, 2.24) is 4.90 Å². The third-order valence-electron chi connectivity index (χ3n) is 6.21. The molecule has 3 fully saturated rings. The van der Waals surface area contributed by atoms with Crippen LogP contribution in [0, 0.1) is 5.92 Å². The molecule has 1 amide bonds. The van der Waals surface area contributed by atoms with Gasteiger partial charge in [-0.3, -0.25) is 9.80 Å². The molecule has 0 N–H and O–H groups in total. The number of nitrogens with zero attached hydrogens (tertiary/aromatic N) is 2. The van der Waals surface area contributed by atoms with Crippen LogP contribution in [-0.4, -0.2) is 57.5 Å². The van der Waals surface area contributed by atoms with Crippen LogP contribution in [0.1, 0.15) is 18.4 Å². The number of hydrogen-bond donors (Lipinski definition) is 0. The van der Waals surface area contributed by atoms with Crippen LogP contribution >= 0.6 is 0 Å². The molecule has 0 aliphatic carbocycles. The largest absolute Gasteiger partial charge is 0.493 e. The van der Waals surface area contributed by atoms with Crippen molar-refractivity contribution in [1.29, 1.82) is 0 Å². The lowest BCUT2D eigenvalue weighted by Crippen LogP contribution is -2.53. The molecule has 0 aromatic heterocycles. The van der Waals surface area contributed by atoms with E-state index in [1.165, 1.54) is 0 Å². The van der Waals surface area contributed by atoms with Gasteiger partial charge in [-0.05, 0) is 68.1 Å². The summed E-state index contributed by atoms with van der Waals surface area (Å²) in [4.78, 5) is 17.3. The third kappa shape index (κ3) is 4.54. The third-order valence-corrected chi connectivity index (χ3v) is 6.21. The lowest BCUT2D eigenvalue weighted by Gasteiger charge is -2.44. The topological polar surface area (TPSA) is 51.2 Å². The lowest BCUT2D eigenvalue weighted by atomic mass is 9.86. The zero-order valence-corrected chi connectivity index (χ0v) is 17.8. The first-order valence-corrected chi connectivity index (χ1v) is 10.6. The van der Waals surface area contributed by atoms with E-state index in [-0.39, 0.29) is 12.2 Å². The van der Waals surface area contributed by atoms with Crippen LogP contribution < -0.4 is 14.4 Å². The number of benzene rings is 2. The Bertz CT molecular complexity index is 850. The second kappa shape index (κ2) is 9.39. The molecule has 1 unspecified atom stereocenters. The Hall–Kier alpha value is -2.73. The minimum Gasteiger partial charge on any atom is -0.493 e. The minimum absolute atomic E-state index is 0.00714. The van der Waals surface area contributed by atoms with Crippen LogP contribution in [0.3, 0.4) is 0 Å². The fourth-order valence-corrected chi connectivity index (χ4v) is 4.45. The molecule has 0 radical (unpaired) electrons. The Morgan fingerprint density at radius 3 is 2.40 bits per heavy atom. The molecule has 2 aromatic rings. The van der Waals surface area contributed by atoms with Gasteiger partial charge in [0.15, 0.2) is 11.5 Å². The molecule has 3 saturated heterocycles. The van der Waals surface area contributed by atoms with Crippen LogP contribution in [0.4, 0.5) is 10.5 Å². The van der Waals surface area contributed by atoms with Gasteiger partial charge in [0.05, 0.1) is 14.2 Å². The summed E-state index contributed by atoms with van der Waals surface area (Å²) < 4.78 is 16.7. The molecule has 3 heterocycles. The molecule has 2 bridgehead atoms. The summed E-state index contributed by atoms with van der Waals surface area (Å²) in [5.74, 6) is 1.88. The smallest absolute Gasteiger partial charge is 0.414 e. The molecule has 6 heteroatoms. The van der Waals surface area contributed by atoms with Crippen LogP contribution in [-0.2, 0) is 11.2 Å². The standard InChI is InChI=1S/C24H30N2O4/c1-28-21-9-8-18(16-22(21)29-2)10-15-26(20-6-4-3-5-7-20)24(27)30-23-17-25-13-11-19(23)12-14-25/h3-9,16,19,23H,10-15,17H2,1-2H3. The zero-order chi connectivity index (χ0) is 20.9. The Morgan fingerprint density at radius 2 is 1.77 bits per heavy atom. The van der Waals surface area contributed by atoms with E-state index in [9.17, 15) is 4.79 Å². The van der Waals surface area contributed by atoms with Crippen molar-refractivity contribution >= 4 is 11.8 Å². The summed E-state index contributed by atoms with van der Waals surface area (Å²) in [6, 6.07) is 15.6. The predicted molar refractivity (Wildman–Crippen MR) is 116 cm³/mol. The highest BCUT2D eigenvalue weighted by Crippen LogP contribution is 2.31. The van der Waals surface area contributed by atoms with Gasteiger partial charge in [-0.15, -0.1) is 0 Å². The number of hydrogen-bond acceptors (Lipinski definition) is 5. The van der Waals surface area contributed by atoms with E-state index in [0.29, 0.717) is 30.4 Å². The number of carbonyl (C=O) groups is 1. The van der Waals surface area contributed by atoms with Crippen molar-refractivity contribution < 1.29 is 19.0 Å². The Balaban J connectivity index is 1.47. The van der Waals surface area contributed by atoms with Crippen molar-refractivity contribution in [3.8, 4) is 11.5 Å². The number of anilines is 1. The van der Waals surface area contributed by atoms with Crippen molar-refractivity contribution in [2.24, 2.45) is 5.92 Å². The van der Waals surface area contributed by atoms with E-state index in [0.717, 1.165) is 43.7 Å². The summed E-state index contributed by atoms with van der Waals surface area (Å²) in [6.45, 7) is 3.63. The summed E-state index contributed by atoms with van der Waals surface area (Å²) in [5.41, 5.74) is 1.92. The average Bonchev–Trinajstić information content (AvgIpc) is 2.80. The normalized spacial score (nSPS) is 22.4. The highest BCUT2D eigenvalue weighted by atomic mass is 16.6. The molecule has 5 rings (SSSR count). The second-order valence-electron chi connectivity index (χ2n) is 7.99. The van der Waals surface area contributed by atoms with Crippen LogP contribution in [0.2, 0.25) is 0 Å². The highest BCUT2D eigenvalue weighted by Gasteiger charge is 2.37. The molecule has 3 aliphatic heterocycles. The van der Waals surface area contributed by atoms with Gasteiger partial charge in [0.25, 0.3) is 0 Å². The number of rotatable bonds is 7. The van der Waals surface area contributed by atoms with E-state index in [1.807, 2.05) is 48.5 Å². The number of fused-ring (bicyclic) bond motifs is 3. The number of carbonyl (C=O) groups excluding carboxylic acids is 1. The maximum atomic E-state index is 13.2. The van der Waals surface area contributed by atoms with E-state index < -0.39 is 0 Å². The van der Waals surface area contributed by atoms with Gasteiger partial charge >= 0.3 is 6.09 Å². The van der Waals surface area contributed by atoms with Crippen molar-refractivity contribution in [3.63, 3.8) is 0 Å². The van der Waals surface area contributed by atoms with Crippen molar-refractivity contribution in [3.05, 3.63) is 54.1 Å². The van der Waals surface area contributed by atoms with E-state index in [1.54, 1.807) is 19.1 Å². The Morgan fingerprint density at radius 1 is 1.03 bits per heavy atom. The van der Waals surface area contributed by atoms with Crippen molar-refractivity contribution in [2.45, 2.75) is 25.4 Å². The first-order valence-electron chi connectivity index (χ1n) is 10.6. The Kier molecular flexibility index (Phi) is 6.43. The fraction of sp³-hybridized carbons (Fsp3) is 0.458. The second-order valence-corrected chi connectivity index (χ2v) is 7.99. The average molecular weight is 411 g/mol. The van der Waals surface area contributed by atoms with Crippen LogP contribution in [0.25, 0.3) is 0 Å². The van der Waals surface area contributed by atoms with Gasteiger partial charge in [0, 0.05) is 18.8 Å². The molecule has 1 atom stereocenters. The fourth-order valence-electron chi connectivity index (χ4n) is 4.45. The lowest BCUT2D eigenvalue weighted by molar-refractivity contribution is -0.0310. The molecule has 2 aromatic carbocycles. The minimum atomic E-state index is -0.263. The van der Waals surface area contributed by atoms with E-state index in [2.05, 4.69) is 4.90 Å². The quantitative estimate of drug-likeness (QED) is 0.691. The number of ether oxygens (including phenoxy) is 3. The Labute approximate surface area is 178 Å². The summed E-state index contributed by atoms with van der Waals surface area (Å²) >= 11 is 0. The molecule has 30 heavy (non-hydrogen) atoms. The maximum Gasteiger partial charge on any atom is 0.414 e. The van der Waals surface area contributed by atoms with Gasteiger partial charge in [-0.1, -0.05) is 24.3 Å². The first-order chi connectivity index (χ1) is 14.7. The zero-order valence-electron chi connectivity index (χ0n) is 17.8.